The zero-order chi connectivity index (χ0) is 15.6. The molecular formula is C13H11ClF2N2O2S. The molecule has 0 fully saturated rings. The Hall–Kier alpha value is -1.70. The minimum absolute atomic E-state index is 0.206. The van der Waals surface area contributed by atoms with Crippen LogP contribution in [-0.4, -0.2) is 8.42 Å². The molecule has 0 aliphatic heterocycles. The SMILES string of the molecule is NCc1c(F)ccc(S(=O)(=O)Nc2ccc(Cl)cc2)c1F. The normalized spacial score (nSPS) is 11.4. The van der Waals surface area contributed by atoms with Crippen LogP contribution in [-0.2, 0) is 16.6 Å². The van der Waals surface area contributed by atoms with Gasteiger partial charge in [-0.15, -0.1) is 0 Å². The van der Waals surface area contributed by atoms with Gasteiger partial charge in [0, 0.05) is 22.8 Å². The second-order valence-corrected chi connectivity index (χ2v) is 6.24. The molecular weight excluding hydrogens is 322 g/mol. The van der Waals surface area contributed by atoms with Gasteiger partial charge in [0.05, 0.1) is 0 Å². The highest BCUT2D eigenvalue weighted by Gasteiger charge is 2.23. The third-order valence-electron chi connectivity index (χ3n) is 2.74. The van der Waals surface area contributed by atoms with Gasteiger partial charge in [-0.05, 0) is 36.4 Å². The summed E-state index contributed by atoms with van der Waals surface area (Å²) in [5.41, 5.74) is 4.95. The molecule has 0 aliphatic carbocycles. The number of nitrogens with two attached hydrogens (primary N) is 1. The monoisotopic (exact) mass is 332 g/mol. The summed E-state index contributed by atoms with van der Waals surface area (Å²) < 4.78 is 53.8. The topological polar surface area (TPSA) is 72.2 Å². The Balaban J connectivity index is 2.42. The summed E-state index contributed by atoms with van der Waals surface area (Å²) in [6, 6.07) is 7.51. The van der Waals surface area contributed by atoms with Crippen LogP contribution in [0.2, 0.25) is 5.02 Å². The first-order valence-electron chi connectivity index (χ1n) is 5.80. The second-order valence-electron chi connectivity index (χ2n) is 4.15. The van der Waals surface area contributed by atoms with Gasteiger partial charge >= 0.3 is 0 Å². The van der Waals surface area contributed by atoms with Gasteiger partial charge < -0.3 is 5.73 Å². The molecule has 2 aromatic rings. The maximum Gasteiger partial charge on any atom is 0.264 e. The molecule has 0 saturated heterocycles. The van der Waals surface area contributed by atoms with Gasteiger partial charge in [0.1, 0.15) is 10.7 Å². The minimum atomic E-state index is -4.20. The number of halogens is 3. The molecule has 0 radical (unpaired) electrons. The molecule has 0 spiro atoms. The largest absolute Gasteiger partial charge is 0.326 e. The van der Waals surface area contributed by atoms with E-state index in [4.69, 9.17) is 17.3 Å². The van der Waals surface area contributed by atoms with Crippen LogP contribution in [0.15, 0.2) is 41.3 Å². The quantitative estimate of drug-likeness (QED) is 0.904. The second kappa shape index (κ2) is 5.97. The molecule has 2 aromatic carbocycles. The van der Waals surface area contributed by atoms with Crippen LogP contribution in [0, 0.1) is 11.6 Å². The third-order valence-corrected chi connectivity index (χ3v) is 4.39. The van der Waals surface area contributed by atoms with Crippen LogP contribution in [0.4, 0.5) is 14.5 Å². The van der Waals surface area contributed by atoms with E-state index in [9.17, 15) is 17.2 Å². The number of nitrogens with one attached hydrogen (secondary N) is 1. The van der Waals surface area contributed by atoms with Crippen molar-refractivity contribution in [3.8, 4) is 0 Å². The van der Waals surface area contributed by atoms with Crippen molar-refractivity contribution in [2.75, 3.05) is 4.72 Å². The van der Waals surface area contributed by atoms with E-state index >= 15 is 0 Å². The predicted octanol–water partition coefficient (Wildman–Crippen LogP) is 2.88. The van der Waals surface area contributed by atoms with Gasteiger partial charge in [-0.25, -0.2) is 17.2 Å². The van der Waals surface area contributed by atoms with Crippen molar-refractivity contribution in [2.24, 2.45) is 5.73 Å². The fourth-order valence-electron chi connectivity index (χ4n) is 1.70. The molecule has 0 amide bonds. The Morgan fingerprint density at radius 1 is 1.10 bits per heavy atom. The van der Waals surface area contributed by atoms with Crippen molar-refractivity contribution < 1.29 is 17.2 Å². The minimum Gasteiger partial charge on any atom is -0.326 e. The van der Waals surface area contributed by atoms with Gasteiger partial charge in [0.2, 0.25) is 0 Å². The molecule has 0 aliphatic rings. The molecule has 2 rings (SSSR count). The molecule has 0 unspecified atom stereocenters. The number of anilines is 1. The molecule has 0 heterocycles. The van der Waals surface area contributed by atoms with Crippen LogP contribution in [0.1, 0.15) is 5.56 Å². The standard InChI is InChI=1S/C13H11ClF2N2O2S/c14-8-1-3-9(4-2-8)18-21(19,20)12-6-5-11(15)10(7-17)13(12)16/h1-6,18H,7,17H2. The number of hydrogen-bond acceptors (Lipinski definition) is 3. The summed E-state index contributed by atoms with van der Waals surface area (Å²) >= 11 is 5.69. The van der Waals surface area contributed by atoms with Crippen LogP contribution in [0.25, 0.3) is 0 Å². The molecule has 0 atom stereocenters. The van der Waals surface area contributed by atoms with E-state index in [2.05, 4.69) is 4.72 Å². The first-order valence-corrected chi connectivity index (χ1v) is 7.66. The highest BCUT2D eigenvalue weighted by molar-refractivity contribution is 7.92. The molecule has 3 N–H and O–H groups in total. The zero-order valence-electron chi connectivity index (χ0n) is 10.6. The summed E-state index contributed by atoms with van der Waals surface area (Å²) in [7, 11) is -4.20. The highest BCUT2D eigenvalue weighted by Crippen LogP contribution is 2.23. The molecule has 112 valence electrons. The predicted molar refractivity (Wildman–Crippen MR) is 76.5 cm³/mol. The van der Waals surface area contributed by atoms with E-state index in [1.165, 1.54) is 24.3 Å². The summed E-state index contributed by atoms with van der Waals surface area (Å²) in [5, 5.41) is 0.427. The highest BCUT2D eigenvalue weighted by atomic mass is 35.5. The Bertz CT molecular complexity index is 764. The van der Waals surface area contributed by atoms with Crippen LogP contribution in [0.3, 0.4) is 0 Å². The Kier molecular flexibility index (Phi) is 4.46. The Morgan fingerprint density at radius 2 is 1.71 bits per heavy atom. The van der Waals surface area contributed by atoms with E-state index in [1.54, 1.807) is 0 Å². The number of benzene rings is 2. The van der Waals surface area contributed by atoms with Gasteiger partial charge in [-0.3, -0.25) is 4.72 Å². The van der Waals surface area contributed by atoms with E-state index in [0.29, 0.717) is 5.02 Å². The molecule has 0 saturated carbocycles. The first kappa shape index (κ1) is 15.7. The van der Waals surface area contributed by atoms with Crippen LogP contribution < -0.4 is 10.5 Å². The van der Waals surface area contributed by atoms with Crippen molar-refractivity contribution >= 4 is 27.3 Å². The molecule has 0 bridgehead atoms. The van der Waals surface area contributed by atoms with Gasteiger partial charge in [0.15, 0.2) is 5.82 Å². The number of sulfonamides is 1. The van der Waals surface area contributed by atoms with E-state index in [1.807, 2.05) is 0 Å². The molecule has 21 heavy (non-hydrogen) atoms. The van der Waals surface area contributed by atoms with E-state index in [-0.39, 0.29) is 5.69 Å². The summed E-state index contributed by atoms with van der Waals surface area (Å²) in [6.07, 6.45) is 0. The maximum absolute atomic E-state index is 14.0. The zero-order valence-corrected chi connectivity index (χ0v) is 12.2. The number of hydrogen-bond donors (Lipinski definition) is 2. The third kappa shape index (κ3) is 3.31. The van der Waals surface area contributed by atoms with Crippen LogP contribution >= 0.6 is 11.6 Å². The van der Waals surface area contributed by atoms with Gasteiger partial charge in [-0.1, -0.05) is 11.6 Å². The van der Waals surface area contributed by atoms with Crippen molar-refractivity contribution in [1.29, 1.82) is 0 Å². The lowest BCUT2D eigenvalue weighted by Gasteiger charge is -2.11. The fourth-order valence-corrected chi connectivity index (χ4v) is 2.99. The van der Waals surface area contributed by atoms with E-state index in [0.717, 1.165) is 12.1 Å². The van der Waals surface area contributed by atoms with Crippen molar-refractivity contribution in [1.82, 2.24) is 0 Å². The Morgan fingerprint density at radius 3 is 2.29 bits per heavy atom. The summed E-state index contributed by atoms with van der Waals surface area (Å²) in [6.45, 7) is -0.442. The lowest BCUT2D eigenvalue weighted by atomic mass is 10.2. The van der Waals surface area contributed by atoms with Crippen molar-refractivity contribution in [2.45, 2.75) is 11.4 Å². The van der Waals surface area contributed by atoms with Crippen molar-refractivity contribution in [3.63, 3.8) is 0 Å². The fraction of sp³-hybridized carbons (Fsp3) is 0.0769. The first-order chi connectivity index (χ1) is 9.85. The maximum atomic E-state index is 14.0. The average molecular weight is 333 g/mol. The summed E-state index contributed by atoms with van der Waals surface area (Å²) in [5.74, 6) is -2.08. The van der Waals surface area contributed by atoms with E-state index < -0.39 is 38.7 Å². The molecule has 4 nitrogen and oxygen atoms in total. The Labute approximate surface area is 125 Å². The number of rotatable bonds is 4. The lowest BCUT2D eigenvalue weighted by Crippen LogP contribution is -2.17. The average Bonchev–Trinajstić information content (AvgIpc) is 2.41. The van der Waals surface area contributed by atoms with Gasteiger partial charge in [-0.2, -0.15) is 0 Å². The lowest BCUT2D eigenvalue weighted by molar-refractivity contribution is 0.530. The van der Waals surface area contributed by atoms with Crippen molar-refractivity contribution in [3.05, 3.63) is 58.6 Å². The molecule has 8 heteroatoms. The summed E-state index contributed by atoms with van der Waals surface area (Å²) in [4.78, 5) is -0.667. The van der Waals surface area contributed by atoms with Crippen LogP contribution in [0.5, 0.6) is 0 Å². The van der Waals surface area contributed by atoms with Gasteiger partial charge in [0.25, 0.3) is 10.0 Å². The smallest absolute Gasteiger partial charge is 0.264 e. The molecule has 0 aromatic heterocycles.